The Morgan fingerprint density at radius 3 is 2.41 bits per heavy atom. The summed E-state index contributed by atoms with van der Waals surface area (Å²) < 4.78 is 5.22. The van der Waals surface area contributed by atoms with Gasteiger partial charge in [0.25, 0.3) is 0 Å². The van der Waals surface area contributed by atoms with Crippen molar-refractivity contribution in [1.82, 2.24) is 5.32 Å². The number of rotatable bonds is 3. The first-order chi connectivity index (χ1) is 7.92. The lowest BCUT2D eigenvalue weighted by atomic mass is 10.1. The van der Waals surface area contributed by atoms with Gasteiger partial charge in [-0.1, -0.05) is 46.3 Å². The van der Waals surface area contributed by atoms with E-state index in [0.29, 0.717) is 5.33 Å². The number of alkyl carbamates (subject to hydrolysis) is 1. The second-order valence-electron chi connectivity index (χ2n) is 4.76. The van der Waals surface area contributed by atoms with Crippen molar-refractivity contribution in [3.8, 4) is 0 Å². The first kappa shape index (κ1) is 14.0. The van der Waals surface area contributed by atoms with Crippen LogP contribution < -0.4 is 5.32 Å². The molecule has 0 radical (unpaired) electrons. The van der Waals surface area contributed by atoms with Gasteiger partial charge in [-0.3, -0.25) is 0 Å². The second-order valence-corrected chi connectivity index (χ2v) is 5.41. The molecule has 17 heavy (non-hydrogen) atoms. The SMILES string of the molecule is CC(C)(C)OC(=O)N[C@@H](CBr)c1ccccc1. The maximum absolute atomic E-state index is 11.6. The summed E-state index contributed by atoms with van der Waals surface area (Å²) in [7, 11) is 0. The van der Waals surface area contributed by atoms with Crippen LogP contribution in [-0.2, 0) is 4.74 Å². The first-order valence-electron chi connectivity index (χ1n) is 5.53. The minimum Gasteiger partial charge on any atom is -0.444 e. The van der Waals surface area contributed by atoms with Gasteiger partial charge < -0.3 is 10.1 Å². The minimum absolute atomic E-state index is 0.0777. The lowest BCUT2D eigenvalue weighted by Gasteiger charge is -2.23. The van der Waals surface area contributed by atoms with Crippen LogP contribution in [0.25, 0.3) is 0 Å². The van der Waals surface area contributed by atoms with Crippen LogP contribution >= 0.6 is 15.9 Å². The Morgan fingerprint density at radius 1 is 1.35 bits per heavy atom. The Morgan fingerprint density at radius 2 is 1.94 bits per heavy atom. The molecule has 1 aromatic rings. The van der Waals surface area contributed by atoms with Crippen LogP contribution in [0.5, 0.6) is 0 Å². The van der Waals surface area contributed by atoms with Crippen molar-refractivity contribution in [3.05, 3.63) is 35.9 Å². The molecule has 0 heterocycles. The number of alkyl halides is 1. The summed E-state index contributed by atoms with van der Waals surface area (Å²) in [4.78, 5) is 11.6. The molecule has 1 amide bonds. The molecule has 4 heteroatoms. The van der Waals surface area contributed by atoms with Gasteiger partial charge in [0.2, 0.25) is 0 Å². The first-order valence-corrected chi connectivity index (χ1v) is 6.65. The van der Waals surface area contributed by atoms with Crippen molar-refractivity contribution >= 4 is 22.0 Å². The normalized spacial score (nSPS) is 12.9. The lowest BCUT2D eigenvalue weighted by molar-refractivity contribution is 0.0509. The highest BCUT2D eigenvalue weighted by Gasteiger charge is 2.19. The van der Waals surface area contributed by atoms with E-state index in [1.807, 2.05) is 51.1 Å². The van der Waals surface area contributed by atoms with Crippen molar-refractivity contribution in [2.75, 3.05) is 5.33 Å². The van der Waals surface area contributed by atoms with Gasteiger partial charge in [-0.15, -0.1) is 0 Å². The molecule has 1 aromatic carbocycles. The molecule has 0 spiro atoms. The minimum atomic E-state index is -0.475. The Kier molecular flexibility index (Phi) is 5.00. The third-order valence-electron chi connectivity index (χ3n) is 2.05. The highest BCUT2D eigenvalue weighted by Crippen LogP contribution is 2.16. The average molecular weight is 300 g/mol. The van der Waals surface area contributed by atoms with E-state index in [9.17, 15) is 4.79 Å². The number of carbonyl (C=O) groups excluding carboxylic acids is 1. The van der Waals surface area contributed by atoms with Crippen molar-refractivity contribution in [2.45, 2.75) is 32.4 Å². The van der Waals surface area contributed by atoms with Gasteiger partial charge in [0.1, 0.15) is 5.60 Å². The number of hydrogen-bond acceptors (Lipinski definition) is 2. The lowest BCUT2D eigenvalue weighted by Crippen LogP contribution is -2.35. The van der Waals surface area contributed by atoms with Crippen molar-refractivity contribution in [2.24, 2.45) is 0 Å². The molecule has 0 aromatic heterocycles. The van der Waals surface area contributed by atoms with E-state index >= 15 is 0 Å². The summed E-state index contributed by atoms with van der Waals surface area (Å²) in [5.74, 6) is 0. The van der Waals surface area contributed by atoms with Gasteiger partial charge in [-0.05, 0) is 26.3 Å². The summed E-state index contributed by atoms with van der Waals surface area (Å²) in [5, 5.41) is 3.48. The van der Waals surface area contributed by atoms with Crippen LogP contribution in [-0.4, -0.2) is 17.0 Å². The van der Waals surface area contributed by atoms with Crippen LogP contribution in [0.3, 0.4) is 0 Å². The zero-order valence-electron chi connectivity index (χ0n) is 10.4. The van der Waals surface area contributed by atoms with Gasteiger partial charge in [0.05, 0.1) is 6.04 Å². The quantitative estimate of drug-likeness (QED) is 0.865. The zero-order valence-corrected chi connectivity index (χ0v) is 12.0. The van der Waals surface area contributed by atoms with Crippen LogP contribution in [0.2, 0.25) is 0 Å². The Labute approximate surface area is 111 Å². The number of carbonyl (C=O) groups is 1. The van der Waals surface area contributed by atoms with E-state index in [0.717, 1.165) is 5.56 Å². The van der Waals surface area contributed by atoms with E-state index < -0.39 is 11.7 Å². The van der Waals surface area contributed by atoms with Gasteiger partial charge in [-0.25, -0.2) is 4.79 Å². The number of ether oxygens (including phenoxy) is 1. The third kappa shape index (κ3) is 5.22. The van der Waals surface area contributed by atoms with Crippen molar-refractivity contribution in [1.29, 1.82) is 0 Å². The van der Waals surface area contributed by atoms with E-state index in [2.05, 4.69) is 21.2 Å². The van der Waals surface area contributed by atoms with Gasteiger partial charge in [0.15, 0.2) is 0 Å². The number of benzene rings is 1. The molecule has 0 bridgehead atoms. The number of hydrogen-bond donors (Lipinski definition) is 1. The maximum Gasteiger partial charge on any atom is 0.408 e. The monoisotopic (exact) mass is 299 g/mol. The van der Waals surface area contributed by atoms with E-state index in [-0.39, 0.29) is 6.04 Å². The third-order valence-corrected chi connectivity index (χ3v) is 2.69. The Balaban J connectivity index is 2.62. The standard InChI is InChI=1S/C13H18BrNO2/c1-13(2,3)17-12(16)15-11(9-14)10-7-5-4-6-8-10/h4-8,11H,9H2,1-3H3,(H,15,16)/t11-/m0/s1. The Bertz CT molecular complexity index is 359. The number of halogens is 1. The van der Waals surface area contributed by atoms with Crippen LogP contribution in [0.4, 0.5) is 4.79 Å². The summed E-state index contributed by atoms with van der Waals surface area (Å²) >= 11 is 3.39. The van der Waals surface area contributed by atoms with Crippen molar-refractivity contribution in [3.63, 3.8) is 0 Å². The molecule has 0 saturated heterocycles. The molecular formula is C13H18BrNO2. The molecule has 94 valence electrons. The topological polar surface area (TPSA) is 38.3 Å². The summed E-state index contributed by atoms with van der Waals surface area (Å²) in [6.45, 7) is 5.54. The largest absolute Gasteiger partial charge is 0.444 e. The highest BCUT2D eigenvalue weighted by atomic mass is 79.9. The fraction of sp³-hybridized carbons (Fsp3) is 0.462. The van der Waals surface area contributed by atoms with Gasteiger partial charge in [0, 0.05) is 5.33 Å². The predicted octanol–water partition coefficient (Wildman–Crippen LogP) is 3.65. The van der Waals surface area contributed by atoms with Crippen molar-refractivity contribution < 1.29 is 9.53 Å². The summed E-state index contributed by atoms with van der Waals surface area (Å²) in [6.07, 6.45) is -0.397. The van der Waals surface area contributed by atoms with E-state index in [4.69, 9.17) is 4.74 Å². The number of nitrogens with one attached hydrogen (secondary N) is 1. The average Bonchev–Trinajstić information content (AvgIpc) is 2.24. The molecule has 1 rings (SSSR count). The molecule has 0 saturated carbocycles. The molecular weight excluding hydrogens is 282 g/mol. The van der Waals surface area contributed by atoms with Gasteiger partial charge >= 0.3 is 6.09 Å². The second kappa shape index (κ2) is 6.05. The molecule has 1 atom stereocenters. The highest BCUT2D eigenvalue weighted by molar-refractivity contribution is 9.09. The molecule has 3 nitrogen and oxygen atoms in total. The molecule has 0 aliphatic heterocycles. The van der Waals surface area contributed by atoms with E-state index in [1.54, 1.807) is 0 Å². The maximum atomic E-state index is 11.6. The Hall–Kier alpha value is -1.03. The fourth-order valence-corrected chi connectivity index (χ4v) is 1.88. The summed E-state index contributed by atoms with van der Waals surface area (Å²) in [5.41, 5.74) is 0.577. The van der Waals surface area contributed by atoms with Crippen LogP contribution in [0.1, 0.15) is 32.4 Å². The molecule has 1 N–H and O–H groups in total. The predicted molar refractivity (Wildman–Crippen MR) is 72.3 cm³/mol. The summed E-state index contributed by atoms with van der Waals surface area (Å²) in [6, 6.07) is 9.71. The molecule has 0 unspecified atom stereocenters. The smallest absolute Gasteiger partial charge is 0.408 e. The van der Waals surface area contributed by atoms with E-state index in [1.165, 1.54) is 0 Å². The van der Waals surface area contributed by atoms with Gasteiger partial charge in [-0.2, -0.15) is 0 Å². The molecule has 0 fully saturated rings. The number of amides is 1. The molecule has 0 aliphatic rings. The van der Waals surface area contributed by atoms with Crippen LogP contribution in [0.15, 0.2) is 30.3 Å². The van der Waals surface area contributed by atoms with Crippen LogP contribution in [0, 0.1) is 0 Å². The molecule has 0 aliphatic carbocycles. The fourth-order valence-electron chi connectivity index (χ4n) is 1.35. The zero-order chi connectivity index (χ0) is 12.9.